The lowest BCUT2D eigenvalue weighted by atomic mass is 10.1. The van der Waals surface area contributed by atoms with Crippen molar-refractivity contribution in [2.24, 2.45) is 0 Å². The lowest BCUT2D eigenvalue weighted by Crippen LogP contribution is -2.05. The van der Waals surface area contributed by atoms with E-state index in [-0.39, 0.29) is 12.1 Å². The molecule has 0 aliphatic heterocycles. The molecule has 0 aromatic heterocycles. The van der Waals surface area contributed by atoms with Crippen LogP contribution >= 0.6 is 0 Å². The van der Waals surface area contributed by atoms with Crippen LogP contribution in [0.4, 0.5) is 0 Å². The average molecular weight is 397 g/mol. The zero-order valence-electron chi connectivity index (χ0n) is 18.9. The van der Waals surface area contributed by atoms with Crippen LogP contribution in [0.15, 0.2) is 12.2 Å². The molecule has 0 radical (unpaired) electrons. The molecule has 3 heteroatoms. The number of rotatable bonds is 21. The van der Waals surface area contributed by atoms with Gasteiger partial charge in [-0.25, -0.2) is 0 Å². The predicted molar refractivity (Wildman–Crippen MR) is 121 cm³/mol. The van der Waals surface area contributed by atoms with E-state index >= 15 is 0 Å². The number of aliphatic hydroxyl groups excluding tert-OH is 1. The van der Waals surface area contributed by atoms with E-state index in [1.807, 2.05) is 0 Å². The predicted octanol–water partition coefficient (Wildman–Crippen LogP) is 7.51. The van der Waals surface area contributed by atoms with Gasteiger partial charge in [-0.1, -0.05) is 96.6 Å². The fraction of sp³-hybridized carbons (Fsp3) is 0.880. The zero-order chi connectivity index (χ0) is 20.7. The maximum Gasteiger partial charge on any atom is 0.305 e. The van der Waals surface area contributed by atoms with Gasteiger partial charge in [-0.3, -0.25) is 4.79 Å². The van der Waals surface area contributed by atoms with Gasteiger partial charge in [0, 0.05) is 6.42 Å². The van der Waals surface area contributed by atoms with Gasteiger partial charge in [0.25, 0.3) is 0 Å². The Morgan fingerprint density at radius 1 is 0.786 bits per heavy atom. The topological polar surface area (TPSA) is 46.5 Å². The summed E-state index contributed by atoms with van der Waals surface area (Å²) in [6.45, 7) is 5.02. The van der Waals surface area contributed by atoms with Crippen LogP contribution in [0, 0.1) is 0 Å². The lowest BCUT2D eigenvalue weighted by molar-refractivity contribution is -0.143. The molecule has 0 bridgehead atoms. The van der Waals surface area contributed by atoms with Crippen molar-refractivity contribution in [3.05, 3.63) is 12.2 Å². The molecule has 1 atom stereocenters. The summed E-state index contributed by atoms with van der Waals surface area (Å²) in [4.78, 5) is 11.6. The number of unbranched alkanes of at least 4 members (excludes halogenated alkanes) is 12. The van der Waals surface area contributed by atoms with Crippen molar-refractivity contribution in [1.29, 1.82) is 0 Å². The smallest absolute Gasteiger partial charge is 0.305 e. The van der Waals surface area contributed by atoms with Crippen LogP contribution in [-0.4, -0.2) is 23.8 Å². The molecule has 166 valence electrons. The zero-order valence-corrected chi connectivity index (χ0v) is 18.9. The van der Waals surface area contributed by atoms with Gasteiger partial charge in [-0.15, -0.1) is 0 Å². The molecule has 0 aliphatic carbocycles. The first-order chi connectivity index (χ1) is 13.7. The number of hydrogen-bond acceptors (Lipinski definition) is 3. The summed E-state index contributed by atoms with van der Waals surface area (Å²) >= 11 is 0. The van der Waals surface area contributed by atoms with Crippen LogP contribution < -0.4 is 0 Å². The van der Waals surface area contributed by atoms with E-state index in [0.29, 0.717) is 13.0 Å². The fourth-order valence-electron chi connectivity index (χ4n) is 3.32. The van der Waals surface area contributed by atoms with E-state index in [9.17, 15) is 9.90 Å². The van der Waals surface area contributed by atoms with Gasteiger partial charge in [-0.2, -0.15) is 0 Å². The highest BCUT2D eigenvalue weighted by atomic mass is 16.5. The molecule has 0 rings (SSSR count). The fourth-order valence-corrected chi connectivity index (χ4v) is 3.32. The van der Waals surface area contributed by atoms with E-state index < -0.39 is 0 Å². The first-order valence-electron chi connectivity index (χ1n) is 12.2. The lowest BCUT2D eigenvalue weighted by Gasteiger charge is -2.07. The monoisotopic (exact) mass is 396 g/mol. The van der Waals surface area contributed by atoms with E-state index in [0.717, 1.165) is 44.9 Å². The summed E-state index contributed by atoms with van der Waals surface area (Å²) in [6.07, 6.45) is 24.2. The van der Waals surface area contributed by atoms with Crippen LogP contribution in [0.5, 0.6) is 0 Å². The van der Waals surface area contributed by atoms with Gasteiger partial charge < -0.3 is 9.84 Å². The third-order valence-corrected chi connectivity index (χ3v) is 5.23. The molecule has 0 saturated carbocycles. The third-order valence-electron chi connectivity index (χ3n) is 5.23. The summed E-state index contributed by atoms with van der Waals surface area (Å²) in [6, 6.07) is 0. The maximum atomic E-state index is 11.6. The highest BCUT2D eigenvalue weighted by Crippen LogP contribution is 2.11. The number of ether oxygens (including phenoxy) is 1. The highest BCUT2D eigenvalue weighted by molar-refractivity contribution is 5.69. The average Bonchev–Trinajstić information content (AvgIpc) is 2.69. The van der Waals surface area contributed by atoms with Crippen molar-refractivity contribution in [3.8, 4) is 0 Å². The Bertz CT molecular complexity index is 352. The largest absolute Gasteiger partial charge is 0.466 e. The normalized spacial score (nSPS) is 12.5. The van der Waals surface area contributed by atoms with Gasteiger partial charge in [0.1, 0.15) is 0 Å². The number of esters is 1. The Balaban J connectivity index is 3.30. The Labute approximate surface area is 175 Å². The Hall–Kier alpha value is -0.830. The summed E-state index contributed by atoms with van der Waals surface area (Å²) < 4.78 is 5.28. The SMILES string of the molecule is CCCCCCCOC(=O)CCCCCCCC=CC[C@H](O)CCCCCC. The highest BCUT2D eigenvalue weighted by Gasteiger charge is 2.02. The third kappa shape index (κ3) is 21.5. The standard InChI is InChI=1S/C25H48O3/c1-3-5-7-15-19-23-28-25(27)22-18-14-12-10-9-11-13-17-21-24(26)20-16-8-6-4-2/h13,17,24,26H,3-12,14-16,18-23H2,1-2H3/t24-/m1/s1. The van der Waals surface area contributed by atoms with Crippen molar-refractivity contribution in [1.82, 2.24) is 0 Å². The molecule has 1 N–H and O–H groups in total. The quantitative estimate of drug-likeness (QED) is 0.124. The molecular formula is C25H48O3. The molecule has 0 spiro atoms. The molecule has 28 heavy (non-hydrogen) atoms. The van der Waals surface area contributed by atoms with Crippen LogP contribution in [-0.2, 0) is 9.53 Å². The summed E-state index contributed by atoms with van der Waals surface area (Å²) in [5.41, 5.74) is 0. The first-order valence-corrected chi connectivity index (χ1v) is 12.2. The van der Waals surface area contributed by atoms with Gasteiger partial charge in [0.2, 0.25) is 0 Å². The van der Waals surface area contributed by atoms with E-state index in [1.54, 1.807) is 0 Å². The molecule has 0 aromatic rings. The minimum atomic E-state index is -0.163. The maximum absolute atomic E-state index is 11.6. The Kier molecular flexibility index (Phi) is 21.8. The van der Waals surface area contributed by atoms with Crippen LogP contribution in [0.1, 0.15) is 129 Å². The summed E-state index contributed by atoms with van der Waals surface area (Å²) in [5.74, 6) is -0.0216. The van der Waals surface area contributed by atoms with E-state index in [4.69, 9.17) is 4.74 Å². The van der Waals surface area contributed by atoms with Crippen LogP contribution in [0.3, 0.4) is 0 Å². The molecule has 0 unspecified atom stereocenters. The van der Waals surface area contributed by atoms with Crippen LogP contribution in [0.2, 0.25) is 0 Å². The number of allylic oxidation sites excluding steroid dienone is 1. The van der Waals surface area contributed by atoms with Gasteiger partial charge >= 0.3 is 5.97 Å². The van der Waals surface area contributed by atoms with Gasteiger partial charge in [0.15, 0.2) is 0 Å². The van der Waals surface area contributed by atoms with Crippen molar-refractivity contribution in [2.75, 3.05) is 6.61 Å². The second-order valence-corrected chi connectivity index (χ2v) is 8.15. The number of carbonyl (C=O) groups excluding carboxylic acids is 1. The van der Waals surface area contributed by atoms with E-state index in [2.05, 4.69) is 26.0 Å². The molecule has 0 fully saturated rings. The number of aliphatic hydroxyl groups is 1. The molecule has 0 amide bonds. The van der Waals surface area contributed by atoms with Crippen molar-refractivity contribution in [2.45, 2.75) is 136 Å². The first kappa shape index (κ1) is 27.2. The second-order valence-electron chi connectivity index (χ2n) is 8.15. The Morgan fingerprint density at radius 3 is 2.14 bits per heavy atom. The van der Waals surface area contributed by atoms with Crippen molar-refractivity contribution >= 4 is 5.97 Å². The second kappa shape index (κ2) is 22.5. The number of hydrogen-bond donors (Lipinski definition) is 1. The van der Waals surface area contributed by atoms with Gasteiger partial charge in [0.05, 0.1) is 12.7 Å². The van der Waals surface area contributed by atoms with Crippen molar-refractivity contribution < 1.29 is 14.6 Å². The number of carbonyl (C=O) groups is 1. The summed E-state index contributed by atoms with van der Waals surface area (Å²) in [7, 11) is 0. The molecule has 0 aliphatic rings. The minimum absolute atomic E-state index is 0.0216. The van der Waals surface area contributed by atoms with Crippen molar-refractivity contribution in [3.63, 3.8) is 0 Å². The molecule has 3 nitrogen and oxygen atoms in total. The summed E-state index contributed by atoms with van der Waals surface area (Å²) in [5, 5.41) is 9.91. The molecule has 0 aromatic carbocycles. The van der Waals surface area contributed by atoms with Crippen LogP contribution in [0.25, 0.3) is 0 Å². The molecule has 0 heterocycles. The minimum Gasteiger partial charge on any atom is -0.466 e. The van der Waals surface area contributed by atoms with E-state index in [1.165, 1.54) is 64.2 Å². The van der Waals surface area contributed by atoms with Gasteiger partial charge in [-0.05, 0) is 38.5 Å². The molecule has 0 saturated heterocycles. The molecular weight excluding hydrogens is 348 g/mol. The Morgan fingerprint density at radius 2 is 1.39 bits per heavy atom.